The van der Waals surface area contributed by atoms with Gasteiger partial charge in [-0.3, -0.25) is 0 Å². The second kappa shape index (κ2) is 8.69. The van der Waals surface area contributed by atoms with E-state index in [0.29, 0.717) is 0 Å². The predicted octanol–water partition coefficient (Wildman–Crippen LogP) is 5.54. The maximum Gasteiger partial charge on any atom is 0.0406 e. The first-order valence-electron chi connectivity index (χ1n) is 8.28. The van der Waals surface area contributed by atoms with Crippen molar-refractivity contribution in [1.29, 1.82) is 0 Å². The van der Waals surface area contributed by atoms with Gasteiger partial charge in [0.1, 0.15) is 0 Å². The lowest BCUT2D eigenvalue weighted by atomic mass is 9.76. The molecule has 1 aromatic carbocycles. The molecule has 0 unspecified atom stereocenters. The Morgan fingerprint density at radius 1 is 1.00 bits per heavy atom. The molecule has 0 bridgehead atoms. The van der Waals surface area contributed by atoms with Gasteiger partial charge in [0.05, 0.1) is 0 Å². The van der Waals surface area contributed by atoms with Crippen LogP contribution in [0.5, 0.6) is 0 Å². The molecule has 0 amide bonds. The van der Waals surface area contributed by atoms with Gasteiger partial charge >= 0.3 is 0 Å². The van der Waals surface area contributed by atoms with Gasteiger partial charge in [-0.1, -0.05) is 62.8 Å². The second-order valence-corrected chi connectivity index (χ2v) is 6.58. The van der Waals surface area contributed by atoms with E-state index >= 15 is 0 Å². The van der Waals surface area contributed by atoms with Crippen molar-refractivity contribution in [2.45, 2.75) is 70.3 Å². The number of rotatable bonds is 9. The second-order valence-electron chi connectivity index (χ2n) is 6.14. The third-order valence-corrected chi connectivity index (χ3v) is 4.69. The summed E-state index contributed by atoms with van der Waals surface area (Å²) in [6, 6.07) is 9.11. The minimum atomic E-state index is 0.742. The Bertz CT molecular complexity index is 368. The van der Waals surface area contributed by atoms with E-state index in [2.05, 4.69) is 24.4 Å². The maximum atomic E-state index is 5.92. The molecule has 2 heteroatoms. The molecule has 1 N–H and O–H groups in total. The molecule has 1 aliphatic rings. The van der Waals surface area contributed by atoms with Crippen LogP contribution in [0.25, 0.3) is 0 Å². The van der Waals surface area contributed by atoms with E-state index in [0.717, 1.165) is 17.0 Å². The summed E-state index contributed by atoms with van der Waals surface area (Å²) in [5.41, 5.74) is 1.45. The highest BCUT2D eigenvalue weighted by Gasteiger charge is 2.29. The Morgan fingerprint density at radius 2 is 1.65 bits per heavy atom. The van der Waals surface area contributed by atoms with Crippen molar-refractivity contribution in [2.75, 3.05) is 6.54 Å². The third kappa shape index (κ3) is 5.10. The van der Waals surface area contributed by atoms with Crippen molar-refractivity contribution >= 4 is 11.6 Å². The van der Waals surface area contributed by atoms with Gasteiger partial charge in [-0.25, -0.2) is 0 Å². The highest BCUT2D eigenvalue weighted by molar-refractivity contribution is 6.30. The average Bonchev–Trinajstić information content (AvgIpc) is 2.41. The molecule has 0 atom stereocenters. The molecule has 1 nitrogen and oxygen atoms in total. The molecule has 0 aliphatic heterocycles. The van der Waals surface area contributed by atoms with Gasteiger partial charge < -0.3 is 5.32 Å². The summed E-state index contributed by atoms with van der Waals surface area (Å²) in [5, 5.41) is 4.53. The van der Waals surface area contributed by atoms with Gasteiger partial charge in [0.15, 0.2) is 0 Å². The first kappa shape index (κ1) is 15.9. The molecule has 0 spiro atoms. The van der Waals surface area contributed by atoms with Gasteiger partial charge in [-0.2, -0.15) is 0 Å². The summed E-state index contributed by atoms with van der Waals surface area (Å²) in [4.78, 5) is 0. The minimum absolute atomic E-state index is 0.742. The lowest BCUT2D eigenvalue weighted by Gasteiger charge is -2.36. The van der Waals surface area contributed by atoms with E-state index in [9.17, 15) is 0 Å². The average molecular weight is 294 g/mol. The van der Waals surface area contributed by atoms with Crippen LogP contribution in [-0.4, -0.2) is 12.6 Å². The van der Waals surface area contributed by atoms with E-state index in [1.165, 1.54) is 63.5 Å². The van der Waals surface area contributed by atoms with Crippen molar-refractivity contribution in [3.05, 3.63) is 34.9 Å². The standard InChI is InChI=1S/C18H28ClN/c1-2-3-4-5-6-7-12-20-18-13-16(14-18)15-8-10-17(19)11-9-15/h8-11,16,18,20H,2-7,12-14H2,1H3. The van der Waals surface area contributed by atoms with Crippen molar-refractivity contribution in [3.8, 4) is 0 Å². The quantitative estimate of drug-likeness (QED) is 0.590. The third-order valence-electron chi connectivity index (χ3n) is 4.44. The Hall–Kier alpha value is -0.530. The highest BCUT2D eigenvalue weighted by atomic mass is 35.5. The van der Waals surface area contributed by atoms with Crippen LogP contribution in [0.2, 0.25) is 5.02 Å². The molecule has 0 saturated heterocycles. The monoisotopic (exact) mass is 293 g/mol. The first-order chi connectivity index (χ1) is 9.79. The SMILES string of the molecule is CCCCCCCCNC1CC(c2ccc(Cl)cc2)C1. The fourth-order valence-corrected chi connectivity index (χ4v) is 3.13. The van der Waals surface area contributed by atoms with Crippen LogP contribution < -0.4 is 5.32 Å². The number of benzene rings is 1. The van der Waals surface area contributed by atoms with E-state index in [1.54, 1.807) is 0 Å². The van der Waals surface area contributed by atoms with Gasteiger partial charge in [-0.15, -0.1) is 0 Å². The Kier molecular flexibility index (Phi) is 6.89. The normalized spacial score (nSPS) is 21.7. The van der Waals surface area contributed by atoms with Crippen LogP contribution in [0.4, 0.5) is 0 Å². The number of hydrogen-bond donors (Lipinski definition) is 1. The molecule has 20 heavy (non-hydrogen) atoms. The molecule has 0 aromatic heterocycles. The summed E-state index contributed by atoms with van der Waals surface area (Å²) in [5.74, 6) is 0.745. The zero-order chi connectivity index (χ0) is 14.2. The van der Waals surface area contributed by atoms with E-state index in [1.807, 2.05) is 12.1 Å². The predicted molar refractivity (Wildman–Crippen MR) is 88.6 cm³/mol. The van der Waals surface area contributed by atoms with Crippen LogP contribution in [-0.2, 0) is 0 Å². The fourth-order valence-electron chi connectivity index (χ4n) is 3.00. The minimum Gasteiger partial charge on any atom is -0.314 e. The largest absolute Gasteiger partial charge is 0.314 e. The van der Waals surface area contributed by atoms with Crippen molar-refractivity contribution < 1.29 is 0 Å². The highest BCUT2D eigenvalue weighted by Crippen LogP contribution is 2.37. The molecule has 1 saturated carbocycles. The number of unbranched alkanes of at least 4 members (excludes halogenated alkanes) is 5. The number of hydrogen-bond acceptors (Lipinski definition) is 1. The zero-order valence-corrected chi connectivity index (χ0v) is 13.5. The molecule has 0 radical (unpaired) electrons. The zero-order valence-electron chi connectivity index (χ0n) is 12.7. The summed E-state index contributed by atoms with van der Waals surface area (Å²) in [7, 11) is 0. The van der Waals surface area contributed by atoms with Crippen LogP contribution in [0, 0.1) is 0 Å². The Balaban J connectivity index is 1.50. The molecular formula is C18H28ClN. The van der Waals surface area contributed by atoms with E-state index in [4.69, 9.17) is 11.6 Å². The number of nitrogens with one attached hydrogen (secondary N) is 1. The van der Waals surface area contributed by atoms with Crippen LogP contribution in [0.15, 0.2) is 24.3 Å². The molecule has 1 aliphatic carbocycles. The molecular weight excluding hydrogens is 266 g/mol. The van der Waals surface area contributed by atoms with Crippen LogP contribution >= 0.6 is 11.6 Å². The van der Waals surface area contributed by atoms with Gasteiger partial charge in [0.2, 0.25) is 0 Å². The molecule has 112 valence electrons. The van der Waals surface area contributed by atoms with E-state index in [-0.39, 0.29) is 0 Å². The fraction of sp³-hybridized carbons (Fsp3) is 0.667. The van der Waals surface area contributed by atoms with Crippen LogP contribution in [0.1, 0.15) is 69.8 Å². The van der Waals surface area contributed by atoms with Gasteiger partial charge in [0.25, 0.3) is 0 Å². The summed E-state index contributed by atoms with van der Waals surface area (Å²) in [6.45, 7) is 3.47. The van der Waals surface area contributed by atoms with Crippen molar-refractivity contribution in [2.24, 2.45) is 0 Å². The topological polar surface area (TPSA) is 12.0 Å². The smallest absolute Gasteiger partial charge is 0.0406 e. The van der Waals surface area contributed by atoms with Gasteiger partial charge in [-0.05, 0) is 49.4 Å². The lowest BCUT2D eigenvalue weighted by Crippen LogP contribution is -2.40. The molecule has 1 aromatic rings. The molecule has 0 heterocycles. The first-order valence-corrected chi connectivity index (χ1v) is 8.66. The van der Waals surface area contributed by atoms with Crippen molar-refractivity contribution in [1.82, 2.24) is 5.32 Å². The van der Waals surface area contributed by atoms with Crippen LogP contribution in [0.3, 0.4) is 0 Å². The Morgan fingerprint density at radius 3 is 2.35 bits per heavy atom. The Labute approximate surface area is 129 Å². The maximum absolute atomic E-state index is 5.92. The lowest BCUT2D eigenvalue weighted by molar-refractivity contribution is 0.289. The number of halogens is 1. The summed E-state index contributed by atoms with van der Waals surface area (Å²) in [6.07, 6.45) is 10.9. The summed E-state index contributed by atoms with van der Waals surface area (Å²) < 4.78 is 0. The van der Waals surface area contributed by atoms with E-state index < -0.39 is 0 Å². The molecule has 2 rings (SSSR count). The van der Waals surface area contributed by atoms with Crippen molar-refractivity contribution in [3.63, 3.8) is 0 Å². The summed E-state index contributed by atoms with van der Waals surface area (Å²) >= 11 is 5.92. The molecule has 1 fully saturated rings. The van der Waals surface area contributed by atoms with Gasteiger partial charge in [0, 0.05) is 11.1 Å².